The molecular formula is C32H34N6O4. The van der Waals surface area contributed by atoms with Crippen LogP contribution in [-0.4, -0.2) is 46.9 Å². The van der Waals surface area contributed by atoms with E-state index in [2.05, 4.69) is 20.6 Å². The van der Waals surface area contributed by atoms with Gasteiger partial charge >= 0.3 is 6.09 Å². The summed E-state index contributed by atoms with van der Waals surface area (Å²) in [6.07, 6.45) is 2.49. The van der Waals surface area contributed by atoms with Gasteiger partial charge in [-0.15, -0.1) is 0 Å². The van der Waals surface area contributed by atoms with E-state index in [1.165, 1.54) is 0 Å². The van der Waals surface area contributed by atoms with Crippen molar-refractivity contribution in [2.45, 2.75) is 32.7 Å². The number of nitrogens with two attached hydrogens (primary N) is 1. The maximum absolute atomic E-state index is 13.1. The molecule has 0 spiro atoms. The average molecular weight is 567 g/mol. The van der Waals surface area contributed by atoms with E-state index >= 15 is 0 Å². The molecule has 10 nitrogen and oxygen atoms in total. The molecule has 4 rings (SSSR count). The number of amides is 3. The Morgan fingerprint density at radius 3 is 2.17 bits per heavy atom. The molecule has 2 heterocycles. The Bertz CT molecular complexity index is 1580. The number of pyridine rings is 2. The Morgan fingerprint density at radius 2 is 1.60 bits per heavy atom. The second-order valence-electron chi connectivity index (χ2n) is 10.9. The summed E-state index contributed by atoms with van der Waals surface area (Å²) >= 11 is 0. The maximum Gasteiger partial charge on any atom is 0.409 e. The first kappa shape index (κ1) is 29.7. The van der Waals surface area contributed by atoms with Crippen LogP contribution in [0.4, 0.5) is 16.3 Å². The average Bonchev–Trinajstić information content (AvgIpc) is 2.95. The molecule has 10 heteroatoms. The minimum Gasteiger partial charge on any atom is -0.410 e. The molecule has 2 aromatic heterocycles. The molecule has 0 saturated carbocycles. The summed E-state index contributed by atoms with van der Waals surface area (Å²) in [5, 5.41) is 6.11. The van der Waals surface area contributed by atoms with Crippen molar-refractivity contribution in [3.05, 3.63) is 102 Å². The van der Waals surface area contributed by atoms with Crippen molar-refractivity contribution < 1.29 is 19.1 Å². The van der Waals surface area contributed by atoms with Gasteiger partial charge in [-0.2, -0.15) is 0 Å². The first-order chi connectivity index (χ1) is 19.9. The van der Waals surface area contributed by atoms with E-state index in [9.17, 15) is 14.4 Å². The summed E-state index contributed by atoms with van der Waals surface area (Å²) in [5.74, 6) is 0.543. The van der Waals surface area contributed by atoms with Gasteiger partial charge in [-0.1, -0.05) is 39.0 Å². The lowest BCUT2D eigenvalue weighted by atomic mass is 9.82. The third kappa shape index (κ3) is 7.28. The van der Waals surface area contributed by atoms with Crippen LogP contribution in [0.5, 0.6) is 5.75 Å². The van der Waals surface area contributed by atoms with Gasteiger partial charge < -0.3 is 26.0 Å². The number of carbonyl (C=O) groups is 3. The number of aromatic nitrogens is 2. The highest BCUT2D eigenvalue weighted by Gasteiger charge is 2.27. The van der Waals surface area contributed by atoms with Crippen LogP contribution in [0.15, 0.2) is 79.1 Å². The predicted molar refractivity (Wildman–Crippen MR) is 162 cm³/mol. The first-order valence-corrected chi connectivity index (χ1v) is 13.3. The lowest BCUT2D eigenvalue weighted by Gasteiger charge is -2.25. The Balaban J connectivity index is 1.37. The number of hydrogen-bond donors (Lipinski definition) is 3. The van der Waals surface area contributed by atoms with E-state index in [-0.39, 0.29) is 24.1 Å². The van der Waals surface area contributed by atoms with Crippen molar-refractivity contribution in [3.8, 4) is 16.9 Å². The minimum atomic E-state index is -0.939. The van der Waals surface area contributed by atoms with Crippen LogP contribution in [0.25, 0.3) is 11.1 Å². The van der Waals surface area contributed by atoms with E-state index < -0.39 is 11.5 Å². The number of ether oxygens (including phenoxy) is 1. The fourth-order valence-electron chi connectivity index (χ4n) is 4.41. The number of primary amides is 1. The number of anilines is 2. The van der Waals surface area contributed by atoms with Crippen LogP contribution in [-0.2, 0) is 12.0 Å². The van der Waals surface area contributed by atoms with Crippen LogP contribution >= 0.6 is 0 Å². The summed E-state index contributed by atoms with van der Waals surface area (Å²) in [5.41, 5.74) is 9.64. The number of carbonyl (C=O) groups excluding carboxylic acids is 3. The smallest absolute Gasteiger partial charge is 0.409 e. The molecule has 0 aliphatic rings. The quantitative estimate of drug-likeness (QED) is 0.264. The third-order valence-electron chi connectivity index (χ3n) is 6.39. The second-order valence-corrected chi connectivity index (χ2v) is 10.9. The van der Waals surface area contributed by atoms with Gasteiger partial charge in [0.1, 0.15) is 11.6 Å². The molecule has 0 aliphatic heterocycles. The lowest BCUT2D eigenvalue weighted by molar-refractivity contribution is 0.0827. The zero-order valence-electron chi connectivity index (χ0n) is 24.3. The van der Waals surface area contributed by atoms with E-state index in [0.29, 0.717) is 28.2 Å². The highest BCUT2D eigenvalue weighted by molar-refractivity contribution is 5.97. The van der Waals surface area contributed by atoms with Gasteiger partial charge in [0.05, 0.1) is 24.1 Å². The number of hydrogen-bond acceptors (Lipinski definition) is 7. The van der Waals surface area contributed by atoms with Crippen LogP contribution < -0.4 is 21.1 Å². The SMILES string of the molecule is CN(C)C(=O)c1ccc(-c2ccc(Nc3ccc(CNC(=O)c4cccc(OC(N)=O)c4C(C)(C)C)nc3)nc2)cc1. The standard InChI is InChI=1S/C32H34N6O4/c1-32(2,3)28-25(7-6-8-26(28)42-31(33)41)29(39)36-18-23-14-15-24(19-34-23)37-27-16-13-22(17-35-27)20-9-11-21(12-10-20)30(40)38(4)5/h6-17,19H,18H2,1-5H3,(H2,33,41)(H,35,37)(H,36,39). The van der Waals surface area contributed by atoms with Crippen LogP contribution in [0, 0.1) is 0 Å². The van der Waals surface area contributed by atoms with Gasteiger partial charge in [0, 0.05) is 42.5 Å². The Hall–Kier alpha value is -5.25. The molecule has 2 aromatic carbocycles. The Morgan fingerprint density at radius 1 is 0.881 bits per heavy atom. The molecule has 0 aliphatic carbocycles. The predicted octanol–water partition coefficient (Wildman–Crippen LogP) is 5.27. The van der Waals surface area contributed by atoms with Crippen molar-refractivity contribution in [2.75, 3.05) is 19.4 Å². The highest BCUT2D eigenvalue weighted by atomic mass is 16.5. The first-order valence-electron chi connectivity index (χ1n) is 13.3. The molecule has 3 amide bonds. The van der Waals surface area contributed by atoms with E-state index in [4.69, 9.17) is 10.5 Å². The summed E-state index contributed by atoms with van der Waals surface area (Å²) in [7, 11) is 3.45. The topological polar surface area (TPSA) is 140 Å². The largest absolute Gasteiger partial charge is 0.410 e. The Kier molecular flexibility index (Phi) is 8.85. The normalized spacial score (nSPS) is 11.0. The summed E-state index contributed by atoms with van der Waals surface area (Å²) in [6, 6.07) is 19.8. The molecule has 4 N–H and O–H groups in total. The fourth-order valence-corrected chi connectivity index (χ4v) is 4.41. The highest BCUT2D eigenvalue weighted by Crippen LogP contribution is 2.34. The summed E-state index contributed by atoms with van der Waals surface area (Å²) in [6.45, 7) is 5.98. The van der Waals surface area contributed by atoms with Crippen molar-refractivity contribution in [3.63, 3.8) is 0 Å². The van der Waals surface area contributed by atoms with E-state index in [1.807, 2.05) is 57.2 Å². The molecule has 0 fully saturated rings. The maximum atomic E-state index is 13.1. The second kappa shape index (κ2) is 12.5. The van der Waals surface area contributed by atoms with Crippen LogP contribution in [0.3, 0.4) is 0 Å². The van der Waals surface area contributed by atoms with Crippen molar-refractivity contribution in [2.24, 2.45) is 5.73 Å². The summed E-state index contributed by atoms with van der Waals surface area (Å²) in [4.78, 5) is 47.1. The number of benzene rings is 2. The lowest BCUT2D eigenvalue weighted by Crippen LogP contribution is -2.28. The van der Waals surface area contributed by atoms with E-state index in [1.54, 1.807) is 61.7 Å². The van der Waals surface area contributed by atoms with Gasteiger partial charge in [0.25, 0.3) is 11.8 Å². The fraction of sp³-hybridized carbons (Fsp3) is 0.219. The van der Waals surface area contributed by atoms with Gasteiger partial charge in [-0.25, -0.2) is 9.78 Å². The molecule has 4 aromatic rings. The van der Waals surface area contributed by atoms with Crippen molar-refractivity contribution in [1.29, 1.82) is 0 Å². The van der Waals surface area contributed by atoms with Crippen LogP contribution in [0.1, 0.15) is 52.7 Å². The Labute approximate surface area is 244 Å². The molecule has 0 saturated heterocycles. The van der Waals surface area contributed by atoms with Gasteiger partial charge in [-0.05, 0) is 59.5 Å². The monoisotopic (exact) mass is 566 g/mol. The van der Waals surface area contributed by atoms with Crippen molar-refractivity contribution in [1.82, 2.24) is 20.2 Å². The van der Waals surface area contributed by atoms with Crippen LogP contribution in [0.2, 0.25) is 0 Å². The van der Waals surface area contributed by atoms with Gasteiger partial charge in [0.15, 0.2) is 0 Å². The molecule has 0 radical (unpaired) electrons. The molecule has 0 unspecified atom stereocenters. The summed E-state index contributed by atoms with van der Waals surface area (Å²) < 4.78 is 5.16. The van der Waals surface area contributed by atoms with Gasteiger partial charge in [-0.3, -0.25) is 14.6 Å². The number of nitrogens with zero attached hydrogens (tertiary/aromatic N) is 3. The third-order valence-corrected chi connectivity index (χ3v) is 6.39. The molecule has 0 bridgehead atoms. The number of nitrogens with one attached hydrogen (secondary N) is 2. The minimum absolute atomic E-state index is 0.0437. The molecule has 216 valence electrons. The zero-order chi connectivity index (χ0) is 30.4. The number of rotatable bonds is 8. The van der Waals surface area contributed by atoms with E-state index in [0.717, 1.165) is 16.8 Å². The van der Waals surface area contributed by atoms with Crippen molar-refractivity contribution >= 4 is 29.4 Å². The molecular weight excluding hydrogens is 532 g/mol. The molecule has 42 heavy (non-hydrogen) atoms. The molecule has 0 atom stereocenters. The van der Waals surface area contributed by atoms with Gasteiger partial charge in [0.2, 0.25) is 0 Å². The zero-order valence-corrected chi connectivity index (χ0v) is 24.3.